The minimum atomic E-state index is -0.180. The van der Waals surface area contributed by atoms with Crippen molar-refractivity contribution < 1.29 is 14.3 Å². The van der Waals surface area contributed by atoms with Crippen LogP contribution >= 0.6 is 0 Å². The third-order valence-corrected chi connectivity index (χ3v) is 3.09. The Morgan fingerprint density at radius 3 is 2.52 bits per heavy atom. The van der Waals surface area contributed by atoms with Gasteiger partial charge in [-0.25, -0.2) is 0 Å². The Morgan fingerprint density at radius 2 is 1.86 bits per heavy atom. The zero-order valence-corrected chi connectivity index (χ0v) is 12.7. The van der Waals surface area contributed by atoms with Crippen molar-refractivity contribution in [1.29, 1.82) is 0 Å². The van der Waals surface area contributed by atoms with E-state index in [0.29, 0.717) is 13.0 Å². The monoisotopic (exact) mass is 289 g/mol. The molecule has 1 N–H and O–H groups in total. The Labute approximate surface area is 126 Å². The fourth-order valence-electron chi connectivity index (χ4n) is 1.79. The third-order valence-electron chi connectivity index (χ3n) is 3.09. The summed E-state index contributed by atoms with van der Waals surface area (Å²) in [6.07, 6.45) is 6.34. The van der Waals surface area contributed by atoms with Crippen LogP contribution in [0.1, 0.15) is 36.8 Å². The molecule has 0 bridgehead atoms. The normalized spacial score (nSPS) is 10.6. The number of rotatable bonds is 8. The molecule has 1 amide bonds. The van der Waals surface area contributed by atoms with Crippen LogP contribution in [0.15, 0.2) is 30.3 Å². The molecule has 0 aliphatic carbocycles. The molecule has 4 nitrogen and oxygen atoms in total. The van der Waals surface area contributed by atoms with Crippen molar-refractivity contribution in [3.63, 3.8) is 0 Å². The van der Waals surface area contributed by atoms with Gasteiger partial charge in [-0.3, -0.25) is 9.59 Å². The zero-order valence-electron chi connectivity index (χ0n) is 12.7. The van der Waals surface area contributed by atoms with Crippen LogP contribution in [0.3, 0.4) is 0 Å². The molecular weight excluding hydrogens is 266 g/mol. The molecular formula is C17H23NO3. The van der Waals surface area contributed by atoms with Gasteiger partial charge in [0.1, 0.15) is 0 Å². The first kappa shape index (κ1) is 17.0. The summed E-state index contributed by atoms with van der Waals surface area (Å²) in [4.78, 5) is 22.5. The minimum Gasteiger partial charge on any atom is -0.469 e. The van der Waals surface area contributed by atoms with Crippen molar-refractivity contribution in [2.45, 2.75) is 32.6 Å². The SMILES string of the molecule is COC(=O)CCCCCNC(=O)/C=C/c1ccc(C)cc1. The summed E-state index contributed by atoms with van der Waals surface area (Å²) in [7, 11) is 1.39. The summed E-state index contributed by atoms with van der Waals surface area (Å²) in [5.74, 6) is -0.274. The van der Waals surface area contributed by atoms with Gasteiger partial charge in [0.25, 0.3) is 0 Å². The van der Waals surface area contributed by atoms with Gasteiger partial charge in [-0.05, 0) is 31.4 Å². The molecule has 0 saturated heterocycles. The first-order valence-corrected chi connectivity index (χ1v) is 7.21. The van der Waals surface area contributed by atoms with E-state index in [-0.39, 0.29) is 11.9 Å². The Balaban J connectivity index is 2.14. The van der Waals surface area contributed by atoms with Crippen molar-refractivity contribution >= 4 is 18.0 Å². The predicted molar refractivity (Wildman–Crippen MR) is 83.7 cm³/mol. The summed E-state index contributed by atoms with van der Waals surface area (Å²) in [6.45, 7) is 2.65. The highest BCUT2D eigenvalue weighted by Crippen LogP contribution is 2.04. The van der Waals surface area contributed by atoms with Gasteiger partial charge in [0, 0.05) is 19.0 Å². The van der Waals surface area contributed by atoms with Crippen LogP contribution in [0.4, 0.5) is 0 Å². The van der Waals surface area contributed by atoms with E-state index in [9.17, 15) is 9.59 Å². The maximum Gasteiger partial charge on any atom is 0.305 e. The van der Waals surface area contributed by atoms with Gasteiger partial charge < -0.3 is 10.1 Å². The lowest BCUT2D eigenvalue weighted by Crippen LogP contribution is -2.22. The molecule has 0 saturated carbocycles. The highest BCUT2D eigenvalue weighted by atomic mass is 16.5. The number of amides is 1. The second-order valence-electron chi connectivity index (χ2n) is 4.92. The molecule has 0 aromatic heterocycles. The number of nitrogens with one attached hydrogen (secondary N) is 1. The summed E-state index contributed by atoms with van der Waals surface area (Å²) >= 11 is 0. The fraction of sp³-hybridized carbons (Fsp3) is 0.412. The van der Waals surface area contributed by atoms with Gasteiger partial charge >= 0.3 is 5.97 Å². The number of carbonyl (C=O) groups excluding carboxylic acids is 2. The Morgan fingerprint density at radius 1 is 1.14 bits per heavy atom. The first-order chi connectivity index (χ1) is 10.1. The van der Waals surface area contributed by atoms with Gasteiger partial charge in [-0.1, -0.05) is 36.2 Å². The van der Waals surface area contributed by atoms with Crippen LogP contribution in [0.25, 0.3) is 6.08 Å². The predicted octanol–water partition coefficient (Wildman–Crippen LogP) is 2.86. The Kier molecular flexibility index (Phi) is 7.87. The van der Waals surface area contributed by atoms with Crippen molar-refractivity contribution in [2.24, 2.45) is 0 Å². The van der Waals surface area contributed by atoms with Crippen LogP contribution in [-0.4, -0.2) is 25.5 Å². The van der Waals surface area contributed by atoms with Crippen LogP contribution in [0.5, 0.6) is 0 Å². The van der Waals surface area contributed by atoms with Crippen molar-refractivity contribution in [2.75, 3.05) is 13.7 Å². The average molecular weight is 289 g/mol. The maximum absolute atomic E-state index is 11.6. The van der Waals surface area contributed by atoms with E-state index in [4.69, 9.17) is 0 Å². The topological polar surface area (TPSA) is 55.4 Å². The van der Waals surface area contributed by atoms with E-state index in [2.05, 4.69) is 10.1 Å². The van der Waals surface area contributed by atoms with Gasteiger partial charge in [-0.2, -0.15) is 0 Å². The lowest BCUT2D eigenvalue weighted by atomic mass is 10.1. The number of esters is 1. The Hall–Kier alpha value is -2.10. The minimum absolute atomic E-state index is 0.0939. The molecule has 0 unspecified atom stereocenters. The molecule has 0 fully saturated rings. The second kappa shape index (κ2) is 9.75. The molecule has 0 aliphatic heterocycles. The number of hydrogen-bond acceptors (Lipinski definition) is 3. The lowest BCUT2D eigenvalue weighted by molar-refractivity contribution is -0.140. The molecule has 1 aromatic carbocycles. The van der Waals surface area contributed by atoms with Gasteiger partial charge in [0.15, 0.2) is 0 Å². The number of carbonyl (C=O) groups is 2. The number of aryl methyl sites for hydroxylation is 1. The highest BCUT2D eigenvalue weighted by Gasteiger charge is 1.99. The molecule has 0 aliphatic rings. The number of benzene rings is 1. The van der Waals surface area contributed by atoms with Crippen LogP contribution in [0.2, 0.25) is 0 Å². The molecule has 0 spiro atoms. The summed E-state index contributed by atoms with van der Waals surface area (Å²) in [5, 5.41) is 2.82. The van der Waals surface area contributed by atoms with E-state index < -0.39 is 0 Å². The Bertz CT molecular complexity index is 477. The number of methoxy groups -OCH3 is 1. The molecule has 0 atom stereocenters. The van der Waals surface area contributed by atoms with E-state index in [1.807, 2.05) is 31.2 Å². The second-order valence-corrected chi connectivity index (χ2v) is 4.92. The van der Waals surface area contributed by atoms with Crippen molar-refractivity contribution in [1.82, 2.24) is 5.32 Å². The smallest absolute Gasteiger partial charge is 0.305 e. The fourth-order valence-corrected chi connectivity index (χ4v) is 1.79. The van der Waals surface area contributed by atoms with Gasteiger partial charge in [0.2, 0.25) is 5.91 Å². The highest BCUT2D eigenvalue weighted by molar-refractivity contribution is 5.91. The number of hydrogen-bond donors (Lipinski definition) is 1. The van der Waals surface area contributed by atoms with Crippen molar-refractivity contribution in [3.8, 4) is 0 Å². The number of ether oxygens (including phenoxy) is 1. The van der Waals surface area contributed by atoms with E-state index in [1.54, 1.807) is 12.2 Å². The molecule has 1 rings (SSSR count). The van der Waals surface area contributed by atoms with Crippen molar-refractivity contribution in [3.05, 3.63) is 41.5 Å². The van der Waals surface area contributed by atoms with E-state index in [1.165, 1.54) is 12.7 Å². The van der Waals surface area contributed by atoms with Crippen LogP contribution in [-0.2, 0) is 14.3 Å². The molecule has 4 heteroatoms. The quantitative estimate of drug-likeness (QED) is 0.455. The standard InChI is InChI=1S/C17H23NO3/c1-14-7-9-15(10-8-14)11-12-16(19)18-13-5-3-4-6-17(20)21-2/h7-12H,3-6,13H2,1-2H3,(H,18,19)/b12-11+. The van der Waals surface area contributed by atoms with Crippen LogP contribution < -0.4 is 5.32 Å². The van der Waals surface area contributed by atoms with Gasteiger partial charge in [-0.15, -0.1) is 0 Å². The molecule has 1 aromatic rings. The number of unbranched alkanes of at least 4 members (excludes halogenated alkanes) is 2. The largest absolute Gasteiger partial charge is 0.469 e. The molecule has 0 radical (unpaired) electrons. The van der Waals surface area contributed by atoms with E-state index >= 15 is 0 Å². The molecule has 21 heavy (non-hydrogen) atoms. The lowest BCUT2D eigenvalue weighted by Gasteiger charge is -2.02. The summed E-state index contributed by atoms with van der Waals surface area (Å²) in [6, 6.07) is 7.98. The van der Waals surface area contributed by atoms with Gasteiger partial charge in [0.05, 0.1) is 7.11 Å². The summed E-state index contributed by atoms with van der Waals surface area (Å²) in [5.41, 5.74) is 2.21. The summed E-state index contributed by atoms with van der Waals surface area (Å²) < 4.78 is 4.56. The van der Waals surface area contributed by atoms with E-state index in [0.717, 1.165) is 24.8 Å². The molecule has 0 heterocycles. The molecule has 114 valence electrons. The first-order valence-electron chi connectivity index (χ1n) is 7.21. The average Bonchev–Trinajstić information content (AvgIpc) is 2.49. The zero-order chi connectivity index (χ0) is 15.5. The maximum atomic E-state index is 11.6. The third kappa shape index (κ3) is 7.92. The van der Waals surface area contributed by atoms with Crippen LogP contribution in [0, 0.1) is 6.92 Å².